The lowest BCUT2D eigenvalue weighted by Crippen LogP contribution is -2.49. The molecular formula is C32H35N5O4. The molecule has 212 valence electrons. The summed E-state index contributed by atoms with van der Waals surface area (Å²) in [5.74, 6) is 1.33. The van der Waals surface area contributed by atoms with Crippen molar-refractivity contribution >= 4 is 29.4 Å². The minimum Gasteiger partial charge on any atom is -0.356 e. The molecule has 1 atom stereocenters. The number of hydrogen-bond acceptors (Lipinski definition) is 6. The number of piperazine rings is 1. The van der Waals surface area contributed by atoms with E-state index in [1.807, 2.05) is 41.4 Å². The van der Waals surface area contributed by atoms with Gasteiger partial charge in [0.15, 0.2) is 0 Å². The van der Waals surface area contributed by atoms with Gasteiger partial charge >= 0.3 is 6.03 Å². The highest BCUT2D eigenvalue weighted by atomic mass is 16.5. The SMILES string of the molecule is Cc1cc(C2CC2)cnc1N1CCN(C(=O)c2ccc(N3C(=O)N(COCc4ccccc4)C(=O)C3C)cc2)CC1. The van der Waals surface area contributed by atoms with Gasteiger partial charge in [-0.25, -0.2) is 14.7 Å². The molecule has 3 fully saturated rings. The Labute approximate surface area is 240 Å². The van der Waals surface area contributed by atoms with Crippen LogP contribution in [0.3, 0.4) is 0 Å². The normalized spacial score (nSPS) is 19.3. The summed E-state index contributed by atoms with van der Waals surface area (Å²) >= 11 is 0. The minimum atomic E-state index is -0.659. The van der Waals surface area contributed by atoms with Crippen molar-refractivity contribution in [1.29, 1.82) is 0 Å². The number of ether oxygens (including phenoxy) is 1. The van der Waals surface area contributed by atoms with Crippen LogP contribution in [0, 0.1) is 6.92 Å². The number of pyridine rings is 1. The molecule has 3 heterocycles. The van der Waals surface area contributed by atoms with Crippen LogP contribution in [0.4, 0.5) is 16.3 Å². The van der Waals surface area contributed by atoms with Crippen LogP contribution in [0.5, 0.6) is 0 Å². The molecule has 0 bridgehead atoms. The smallest absolute Gasteiger partial charge is 0.333 e. The molecule has 1 aromatic heterocycles. The van der Waals surface area contributed by atoms with E-state index in [0.717, 1.165) is 29.4 Å². The largest absolute Gasteiger partial charge is 0.356 e. The molecule has 2 aromatic carbocycles. The molecule has 6 rings (SSSR count). The molecule has 9 nitrogen and oxygen atoms in total. The van der Waals surface area contributed by atoms with Crippen molar-refractivity contribution in [1.82, 2.24) is 14.8 Å². The van der Waals surface area contributed by atoms with Gasteiger partial charge in [-0.2, -0.15) is 0 Å². The number of imide groups is 1. The van der Waals surface area contributed by atoms with Crippen LogP contribution in [0.15, 0.2) is 66.9 Å². The summed E-state index contributed by atoms with van der Waals surface area (Å²) in [5.41, 5.74) is 4.61. The molecular weight excluding hydrogens is 518 g/mol. The van der Waals surface area contributed by atoms with Crippen LogP contribution in [-0.2, 0) is 16.1 Å². The Bertz CT molecular complexity index is 1430. The Kier molecular flexibility index (Phi) is 7.45. The molecule has 0 radical (unpaired) electrons. The van der Waals surface area contributed by atoms with Crippen LogP contribution in [0.1, 0.15) is 52.7 Å². The van der Waals surface area contributed by atoms with Gasteiger partial charge in [0.25, 0.3) is 11.8 Å². The number of urea groups is 1. The molecule has 3 aliphatic rings. The third-order valence-electron chi connectivity index (χ3n) is 8.16. The Morgan fingerprint density at radius 2 is 1.68 bits per heavy atom. The maximum absolute atomic E-state index is 13.3. The van der Waals surface area contributed by atoms with E-state index < -0.39 is 12.1 Å². The van der Waals surface area contributed by atoms with Crippen LogP contribution in [0.25, 0.3) is 0 Å². The van der Waals surface area contributed by atoms with Crippen molar-refractivity contribution in [3.63, 3.8) is 0 Å². The van der Waals surface area contributed by atoms with Gasteiger partial charge in [-0.15, -0.1) is 0 Å². The molecule has 4 amide bonds. The van der Waals surface area contributed by atoms with Gasteiger partial charge in [0.1, 0.15) is 18.6 Å². The number of benzene rings is 2. The molecule has 0 N–H and O–H groups in total. The fourth-order valence-corrected chi connectivity index (χ4v) is 5.64. The topological polar surface area (TPSA) is 86.3 Å². The van der Waals surface area contributed by atoms with Gasteiger partial charge in [0.05, 0.1) is 6.61 Å². The fraction of sp³-hybridized carbons (Fsp3) is 0.375. The van der Waals surface area contributed by atoms with Crippen LogP contribution in [-0.4, -0.2) is 71.6 Å². The van der Waals surface area contributed by atoms with Crippen molar-refractivity contribution in [2.45, 2.75) is 45.3 Å². The maximum Gasteiger partial charge on any atom is 0.333 e. The van der Waals surface area contributed by atoms with E-state index in [1.165, 1.54) is 28.9 Å². The Balaban J connectivity index is 1.05. The number of anilines is 2. The molecule has 9 heteroatoms. The summed E-state index contributed by atoms with van der Waals surface area (Å²) < 4.78 is 5.65. The number of rotatable bonds is 8. The lowest BCUT2D eigenvalue weighted by atomic mass is 10.1. The highest BCUT2D eigenvalue weighted by molar-refractivity contribution is 6.14. The predicted molar refractivity (Wildman–Crippen MR) is 156 cm³/mol. The highest BCUT2D eigenvalue weighted by Gasteiger charge is 2.43. The maximum atomic E-state index is 13.3. The fourth-order valence-electron chi connectivity index (χ4n) is 5.64. The van der Waals surface area contributed by atoms with E-state index in [0.29, 0.717) is 36.9 Å². The van der Waals surface area contributed by atoms with Crippen LogP contribution < -0.4 is 9.80 Å². The second-order valence-corrected chi connectivity index (χ2v) is 11.1. The zero-order chi connectivity index (χ0) is 28.5. The van der Waals surface area contributed by atoms with Crippen molar-refractivity contribution < 1.29 is 19.1 Å². The van der Waals surface area contributed by atoms with E-state index in [2.05, 4.69) is 17.9 Å². The predicted octanol–water partition coefficient (Wildman–Crippen LogP) is 4.56. The first-order valence-corrected chi connectivity index (χ1v) is 14.3. The first-order valence-electron chi connectivity index (χ1n) is 14.3. The summed E-state index contributed by atoms with van der Waals surface area (Å²) in [6, 6.07) is 17.7. The van der Waals surface area contributed by atoms with Gasteiger partial charge < -0.3 is 14.5 Å². The number of amides is 4. The average molecular weight is 554 g/mol. The summed E-state index contributed by atoms with van der Waals surface area (Å²) in [6.45, 7) is 6.68. The van der Waals surface area contributed by atoms with Gasteiger partial charge in [-0.1, -0.05) is 36.4 Å². The van der Waals surface area contributed by atoms with E-state index in [9.17, 15) is 14.4 Å². The minimum absolute atomic E-state index is 0.0437. The first kappa shape index (κ1) is 27.0. The van der Waals surface area contributed by atoms with Crippen molar-refractivity contribution in [2.75, 3.05) is 42.7 Å². The average Bonchev–Trinajstić information content (AvgIpc) is 3.83. The van der Waals surface area contributed by atoms with Crippen LogP contribution in [0.2, 0.25) is 0 Å². The number of nitrogens with zero attached hydrogens (tertiary/aromatic N) is 5. The Morgan fingerprint density at radius 1 is 0.976 bits per heavy atom. The summed E-state index contributed by atoms with van der Waals surface area (Å²) in [7, 11) is 0. The molecule has 0 spiro atoms. The zero-order valence-electron chi connectivity index (χ0n) is 23.5. The molecule has 1 aliphatic carbocycles. The molecule has 1 unspecified atom stereocenters. The van der Waals surface area contributed by atoms with Crippen molar-refractivity contribution in [3.8, 4) is 0 Å². The lowest BCUT2D eigenvalue weighted by molar-refractivity contribution is -0.131. The van der Waals surface area contributed by atoms with Gasteiger partial charge in [-0.05, 0) is 73.6 Å². The highest BCUT2D eigenvalue weighted by Crippen LogP contribution is 2.40. The number of carbonyl (C=O) groups is 3. The van der Waals surface area contributed by atoms with Gasteiger partial charge in [0, 0.05) is 43.6 Å². The molecule has 2 saturated heterocycles. The summed E-state index contributed by atoms with van der Waals surface area (Å²) in [5, 5.41) is 0. The number of aryl methyl sites for hydroxylation is 1. The number of hydrogen-bond donors (Lipinski definition) is 0. The van der Waals surface area contributed by atoms with Crippen LogP contribution >= 0.6 is 0 Å². The molecule has 41 heavy (non-hydrogen) atoms. The summed E-state index contributed by atoms with van der Waals surface area (Å²) in [6.07, 6.45) is 4.53. The molecule has 1 saturated carbocycles. The van der Waals surface area contributed by atoms with Crippen molar-refractivity contribution in [2.24, 2.45) is 0 Å². The van der Waals surface area contributed by atoms with E-state index in [1.54, 1.807) is 31.2 Å². The quantitative estimate of drug-likeness (QED) is 0.380. The van der Waals surface area contributed by atoms with E-state index in [-0.39, 0.29) is 18.5 Å². The monoisotopic (exact) mass is 553 g/mol. The second kappa shape index (κ2) is 11.3. The number of aromatic nitrogens is 1. The van der Waals surface area contributed by atoms with E-state index >= 15 is 0 Å². The van der Waals surface area contributed by atoms with Gasteiger partial charge in [-0.3, -0.25) is 14.5 Å². The van der Waals surface area contributed by atoms with Gasteiger partial charge in [0.2, 0.25) is 0 Å². The zero-order valence-corrected chi connectivity index (χ0v) is 23.5. The third kappa shape index (κ3) is 5.54. The molecule has 3 aromatic rings. The standard InChI is InChI=1S/C32H35N5O4/c1-22-18-27(25-8-9-25)19-33-29(22)34-14-16-35(17-15-34)31(39)26-10-12-28(13-11-26)37-23(2)30(38)36(32(37)40)21-41-20-24-6-4-3-5-7-24/h3-7,10-13,18-19,23,25H,8-9,14-17,20-21H2,1-2H3. The Morgan fingerprint density at radius 3 is 2.34 bits per heavy atom. The summed E-state index contributed by atoms with van der Waals surface area (Å²) in [4.78, 5) is 50.7. The lowest BCUT2D eigenvalue weighted by Gasteiger charge is -2.36. The Hall–Kier alpha value is -4.24. The first-order chi connectivity index (χ1) is 19.9. The number of carbonyl (C=O) groups excluding carboxylic acids is 3. The van der Waals surface area contributed by atoms with E-state index in [4.69, 9.17) is 9.72 Å². The third-order valence-corrected chi connectivity index (χ3v) is 8.16. The van der Waals surface area contributed by atoms with Crippen molar-refractivity contribution in [3.05, 3.63) is 89.1 Å². The molecule has 2 aliphatic heterocycles. The second-order valence-electron chi connectivity index (χ2n) is 11.1.